The first kappa shape index (κ1) is 22.6. The second-order valence-electron chi connectivity index (χ2n) is 7.06. The van der Waals surface area contributed by atoms with Crippen molar-refractivity contribution in [3.05, 3.63) is 47.7 Å². The molecule has 0 radical (unpaired) electrons. The zero-order chi connectivity index (χ0) is 22.4. The second kappa shape index (κ2) is 10.3. The van der Waals surface area contributed by atoms with Crippen molar-refractivity contribution in [2.24, 2.45) is 5.73 Å². The Hall–Kier alpha value is -3.11. The van der Waals surface area contributed by atoms with E-state index in [1.54, 1.807) is 18.1 Å². The molecule has 0 bridgehead atoms. The molecule has 1 saturated heterocycles. The Bertz CT molecular complexity index is 951. The molecule has 2 heterocycles. The molecule has 166 valence electrons. The summed E-state index contributed by atoms with van der Waals surface area (Å²) < 4.78 is 45.0. The first-order valence-corrected chi connectivity index (χ1v) is 9.66. The van der Waals surface area contributed by atoms with Crippen molar-refractivity contribution in [3.8, 4) is 11.1 Å². The van der Waals surface area contributed by atoms with Crippen LogP contribution in [0.15, 0.2) is 30.5 Å². The van der Waals surface area contributed by atoms with E-state index in [9.17, 15) is 13.6 Å². The summed E-state index contributed by atoms with van der Waals surface area (Å²) in [6, 6.07) is 5.76. The minimum absolute atomic E-state index is 0.00383. The maximum Gasteiger partial charge on any atom is 0.313 e. The van der Waals surface area contributed by atoms with Crippen LogP contribution >= 0.6 is 0 Å². The SMILES string of the molecule is COCCOC1CN(c2ncc(-c3cccc(COC(=O)CC(=N)N)c3F)cc2F)C1. The molecule has 0 saturated carbocycles. The number of nitrogens with one attached hydrogen (secondary N) is 1. The summed E-state index contributed by atoms with van der Waals surface area (Å²) in [5, 5.41) is 7.08. The number of nitrogens with zero attached hydrogens (tertiary/aromatic N) is 2. The standard InChI is InChI=1S/C21H24F2N4O4/c1-29-5-6-30-15-10-27(11-15)21-17(22)7-14(9-26-21)16-4-2-3-13(20(16)23)12-31-19(28)8-18(24)25/h2-4,7,9,15H,5-6,8,10-12H2,1H3,(H3,24,25). The van der Waals surface area contributed by atoms with E-state index in [0.717, 1.165) is 0 Å². The van der Waals surface area contributed by atoms with Gasteiger partial charge in [0.15, 0.2) is 11.6 Å². The lowest BCUT2D eigenvalue weighted by atomic mass is 10.0. The molecule has 0 spiro atoms. The van der Waals surface area contributed by atoms with Gasteiger partial charge in [-0.2, -0.15) is 0 Å². The van der Waals surface area contributed by atoms with Gasteiger partial charge in [-0.05, 0) is 6.07 Å². The van der Waals surface area contributed by atoms with Gasteiger partial charge >= 0.3 is 5.97 Å². The van der Waals surface area contributed by atoms with Crippen LogP contribution < -0.4 is 10.6 Å². The lowest BCUT2D eigenvalue weighted by molar-refractivity contribution is -0.143. The maximum absolute atomic E-state index is 14.9. The number of methoxy groups -OCH3 is 1. The molecule has 0 aliphatic carbocycles. The van der Waals surface area contributed by atoms with E-state index in [1.165, 1.54) is 24.4 Å². The van der Waals surface area contributed by atoms with Crippen molar-refractivity contribution in [2.45, 2.75) is 19.1 Å². The predicted octanol–water partition coefficient (Wildman–Crippen LogP) is 2.25. The highest BCUT2D eigenvalue weighted by atomic mass is 19.1. The number of anilines is 1. The lowest BCUT2D eigenvalue weighted by Gasteiger charge is -2.39. The quantitative estimate of drug-likeness (QED) is 0.255. The third-order valence-corrected chi connectivity index (χ3v) is 4.72. The number of amidine groups is 1. The summed E-state index contributed by atoms with van der Waals surface area (Å²) in [7, 11) is 1.59. The third kappa shape index (κ3) is 5.74. The monoisotopic (exact) mass is 434 g/mol. The number of carbonyl (C=O) groups excluding carboxylic acids is 1. The Balaban J connectivity index is 1.66. The molecule has 2 aromatic rings. The molecule has 31 heavy (non-hydrogen) atoms. The van der Waals surface area contributed by atoms with E-state index >= 15 is 0 Å². The van der Waals surface area contributed by atoms with E-state index < -0.39 is 17.6 Å². The maximum atomic E-state index is 14.9. The number of nitrogens with two attached hydrogens (primary N) is 1. The zero-order valence-corrected chi connectivity index (χ0v) is 17.1. The fourth-order valence-electron chi connectivity index (χ4n) is 3.10. The van der Waals surface area contributed by atoms with Crippen molar-refractivity contribution in [2.75, 3.05) is 38.3 Å². The third-order valence-electron chi connectivity index (χ3n) is 4.72. The van der Waals surface area contributed by atoms with Crippen LogP contribution in [0.3, 0.4) is 0 Å². The number of hydrogen-bond acceptors (Lipinski definition) is 7. The van der Waals surface area contributed by atoms with Gasteiger partial charge in [0.25, 0.3) is 0 Å². The van der Waals surface area contributed by atoms with Crippen LogP contribution in [0.5, 0.6) is 0 Å². The van der Waals surface area contributed by atoms with Crippen molar-refractivity contribution < 1.29 is 27.8 Å². The fourth-order valence-corrected chi connectivity index (χ4v) is 3.10. The Labute approximate surface area is 178 Å². The van der Waals surface area contributed by atoms with Crippen LogP contribution in [0, 0.1) is 17.0 Å². The average molecular weight is 434 g/mol. The normalized spacial score (nSPS) is 13.7. The molecular formula is C21H24F2N4O4. The van der Waals surface area contributed by atoms with Gasteiger partial charge in [0.1, 0.15) is 24.7 Å². The van der Waals surface area contributed by atoms with Crippen LogP contribution in [0.1, 0.15) is 12.0 Å². The average Bonchev–Trinajstić information content (AvgIpc) is 2.69. The molecule has 1 aromatic heterocycles. The van der Waals surface area contributed by atoms with Gasteiger partial charge in [-0.3, -0.25) is 10.2 Å². The van der Waals surface area contributed by atoms with Gasteiger partial charge in [0, 0.05) is 43.1 Å². The van der Waals surface area contributed by atoms with Gasteiger partial charge in [0.2, 0.25) is 0 Å². The number of ether oxygens (including phenoxy) is 3. The van der Waals surface area contributed by atoms with Crippen LogP contribution in [0.2, 0.25) is 0 Å². The Morgan fingerprint density at radius 1 is 1.32 bits per heavy atom. The second-order valence-corrected chi connectivity index (χ2v) is 7.06. The number of esters is 1. The first-order valence-electron chi connectivity index (χ1n) is 9.66. The van der Waals surface area contributed by atoms with Crippen LogP contribution in [0.4, 0.5) is 14.6 Å². The molecule has 8 nitrogen and oxygen atoms in total. The number of halogens is 2. The van der Waals surface area contributed by atoms with Crippen molar-refractivity contribution in [1.29, 1.82) is 5.41 Å². The number of carbonyl (C=O) groups is 1. The summed E-state index contributed by atoms with van der Waals surface area (Å²) in [5.41, 5.74) is 5.67. The number of benzene rings is 1. The topological polar surface area (TPSA) is 111 Å². The van der Waals surface area contributed by atoms with Gasteiger partial charge in [-0.15, -0.1) is 0 Å². The highest BCUT2D eigenvalue weighted by Gasteiger charge is 2.30. The summed E-state index contributed by atoms with van der Waals surface area (Å²) in [4.78, 5) is 17.4. The molecular weight excluding hydrogens is 410 g/mol. The van der Waals surface area contributed by atoms with E-state index in [0.29, 0.717) is 26.3 Å². The minimum Gasteiger partial charge on any atom is -0.460 e. The molecule has 0 amide bonds. The van der Waals surface area contributed by atoms with Gasteiger partial charge in [-0.1, -0.05) is 18.2 Å². The van der Waals surface area contributed by atoms with Crippen molar-refractivity contribution in [1.82, 2.24) is 4.98 Å². The Morgan fingerprint density at radius 2 is 2.10 bits per heavy atom. The first-order chi connectivity index (χ1) is 14.9. The highest BCUT2D eigenvalue weighted by Crippen LogP contribution is 2.30. The van der Waals surface area contributed by atoms with Crippen LogP contribution in [0.25, 0.3) is 11.1 Å². The number of pyridine rings is 1. The fraction of sp³-hybridized carbons (Fsp3) is 0.381. The van der Waals surface area contributed by atoms with Crippen molar-refractivity contribution >= 4 is 17.6 Å². The Kier molecular flexibility index (Phi) is 7.48. The van der Waals surface area contributed by atoms with Crippen molar-refractivity contribution in [3.63, 3.8) is 0 Å². The molecule has 3 rings (SSSR count). The zero-order valence-electron chi connectivity index (χ0n) is 17.1. The number of hydrogen-bond donors (Lipinski definition) is 2. The summed E-state index contributed by atoms with van der Waals surface area (Å²) >= 11 is 0. The van der Waals surface area contributed by atoms with Gasteiger partial charge < -0.3 is 24.8 Å². The molecule has 1 aliphatic heterocycles. The molecule has 3 N–H and O–H groups in total. The molecule has 1 aliphatic rings. The van der Waals surface area contributed by atoms with E-state index in [4.69, 9.17) is 25.4 Å². The highest BCUT2D eigenvalue weighted by molar-refractivity contribution is 5.94. The summed E-state index contributed by atoms with van der Waals surface area (Å²) in [6.45, 7) is 1.69. The largest absolute Gasteiger partial charge is 0.460 e. The number of aromatic nitrogens is 1. The molecule has 1 fully saturated rings. The predicted molar refractivity (Wildman–Crippen MR) is 110 cm³/mol. The molecule has 1 aromatic carbocycles. The summed E-state index contributed by atoms with van der Waals surface area (Å²) in [5.74, 6) is -2.08. The summed E-state index contributed by atoms with van der Waals surface area (Å²) in [6.07, 6.45) is 1.03. The van der Waals surface area contributed by atoms with E-state index in [-0.39, 0.29) is 47.5 Å². The molecule has 0 unspecified atom stereocenters. The van der Waals surface area contributed by atoms with Gasteiger partial charge in [0.05, 0.1) is 19.3 Å². The Morgan fingerprint density at radius 3 is 2.77 bits per heavy atom. The molecule has 0 atom stereocenters. The minimum atomic E-state index is -0.728. The van der Waals surface area contributed by atoms with E-state index in [1.807, 2.05) is 0 Å². The lowest BCUT2D eigenvalue weighted by Crippen LogP contribution is -2.53. The van der Waals surface area contributed by atoms with E-state index in [2.05, 4.69) is 4.98 Å². The smallest absolute Gasteiger partial charge is 0.313 e. The molecule has 10 heteroatoms. The van der Waals surface area contributed by atoms with Crippen LogP contribution in [-0.4, -0.2) is 56.3 Å². The van der Waals surface area contributed by atoms with Crippen LogP contribution in [-0.2, 0) is 25.6 Å². The van der Waals surface area contributed by atoms with Gasteiger partial charge in [-0.25, -0.2) is 13.8 Å². The number of rotatable bonds is 10.